The van der Waals surface area contributed by atoms with Gasteiger partial charge in [0.2, 0.25) is 0 Å². The molecule has 0 aromatic heterocycles. The molecule has 0 aromatic carbocycles. The van der Waals surface area contributed by atoms with Crippen molar-refractivity contribution in [1.29, 1.82) is 0 Å². The molecular formula is C20H42. The van der Waals surface area contributed by atoms with Gasteiger partial charge in [-0.3, -0.25) is 0 Å². The highest BCUT2D eigenvalue weighted by molar-refractivity contribution is 5.34. The molecule has 0 heteroatoms. The van der Waals surface area contributed by atoms with Gasteiger partial charge in [0, 0.05) is 0 Å². The molecule has 2 aliphatic carbocycles. The maximum atomic E-state index is 2.39. The van der Waals surface area contributed by atoms with Gasteiger partial charge in [0.15, 0.2) is 0 Å². The molecule has 0 aromatic rings. The summed E-state index contributed by atoms with van der Waals surface area (Å²) >= 11 is 0. The minimum atomic E-state index is 0.500. The van der Waals surface area contributed by atoms with Gasteiger partial charge in [-0.15, -0.1) is 0 Å². The van der Waals surface area contributed by atoms with Crippen LogP contribution in [-0.4, -0.2) is 0 Å². The van der Waals surface area contributed by atoms with Crippen molar-refractivity contribution in [2.75, 3.05) is 0 Å². The van der Waals surface area contributed by atoms with Crippen molar-refractivity contribution in [2.45, 2.75) is 108 Å². The Bertz CT molecular complexity index is 254. The zero-order valence-electron chi connectivity index (χ0n) is 16.2. The largest absolute Gasteiger partial charge is 0.0696 e. The second-order valence-corrected chi connectivity index (χ2v) is 8.06. The molecule has 0 bridgehead atoms. The first-order valence-corrected chi connectivity index (χ1v) is 8.83. The zero-order chi connectivity index (χ0) is 16.4. The average Bonchev–Trinajstić information content (AvgIpc) is 2.30. The molecule has 0 nitrogen and oxygen atoms in total. The first kappa shape index (κ1) is 22.0. The van der Waals surface area contributed by atoms with E-state index in [2.05, 4.69) is 55.4 Å². The predicted molar refractivity (Wildman–Crippen MR) is 96.3 cm³/mol. The van der Waals surface area contributed by atoms with Crippen LogP contribution in [0.5, 0.6) is 0 Å². The third-order valence-electron chi connectivity index (χ3n) is 3.05. The molecule has 0 radical (unpaired) electrons. The Morgan fingerprint density at radius 1 is 0.900 bits per heavy atom. The molecule has 0 saturated heterocycles. The summed E-state index contributed by atoms with van der Waals surface area (Å²) in [6.45, 7) is 21.8. The minimum absolute atomic E-state index is 0.500. The lowest BCUT2D eigenvalue weighted by Crippen LogP contribution is -2.29. The van der Waals surface area contributed by atoms with Crippen molar-refractivity contribution >= 4 is 0 Å². The third-order valence-corrected chi connectivity index (χ3v) is 3.05. The highest BCUT2D eigenvalue weighted by Crippen LogP contribution is 2.51. The first-order chi connectivity index (χ1) is 9.11. The molecule has 0 fully saturated rings. The lowest BCUT2D eigenvalue weighted by atomic mass is 9.62. The fraction of sp³-hybridized carbons (Fsp3) is 0.900. The van der Waals surface area contributed by atoms with Crippen molar-refractivity contribution in [1.82, 2.24) is 0 Å². The van der Waals surface area contributed by atoms with Gasteiger partial charge in [0.1, 0.15) is 0 Å². The van der Waals surface area contributed by atoms with Gasteiger partial charge in [0.25, 0.3) is 0 Å². The maximum absolute atomic E-state index is 2.39. The van der Waals surface area contributed by atoms with E-state index >= 15 is 0 Å². The Balaban J connectivity index is 0. The van der Waals surface area contributed by atoms with Crippen molar-refractivity contribution in [3.8, 4) is 0 Å². The Hall–Kier alpha value is -0.260. The van der Waals surface area contributed by atoms with Crippen molar-refractivity contribution < 1.29 is 0 Å². The molecule has 0 unspecified atom stereocenters. The second-order valence-electron chi connectivity index (χ2n) is 8.06. The van der Waals surface area contributed by atoms with Gasteiger partial charge in [0.05, 0.1) is 0 Å². The lowest BCUT2D eigenvalue weighted by molar-refractivity contribution is 0.328. The Morgan fingerprint density at radius 2 is 1.25 bits per heavy atom. The summed E-state index contributed by atoms with van der Waals surface area (Å²) in [5, 5.41) is 0. The van der Waals surface area contributed by atoms with E-state index in [1.54, 1.807) is 11.1 Å². The van der Waals surface area contributed by atoms with E-state index in [4.69, 9.17) is 0 Å². The van der Waals surface area contributed by atoms with Crippen LogP contribution in [-0.2, 0) is 0 Å². The van der Waals surface area contributed by atoms with Crippen LogP contribution in [0.2, 0.25) is 0 Å². The normalized spacial score (nSPS) is 18.9. The second kappa shape index (κ2) is 10.5. The molecule has 0 heterocycles. The highest BCUT2D eigenvalue weighted by Gasteiger charge is 2.36. The SMILES string of the molecule is CC.CC(C)(C)C.CC1(C)CC2=C1CCCC2.CCC. The van der Waals surface area contributed by atoms with Crippen LogP contribution in [0.4, 0.5) is 0 Å². The third kappa shape index (κ3) is 10.5. The topological polar surface area (TPSA) is 0 Å². The van der Waals surface area contributed by atoms with E-state index in [1.165, 1.54) is 38.5 Å². The molecule has 0 aliphatic heterocycles. The van der Waals surface area contributed by atoms with Gasteiger partial charge in [-0.2, -0.15) is 0 Å². The number of allylic oxidation sites excluding steroid dienone is 2. The Labute approximate surface area is 130 Å². The molecule has 0 amide bonds. The van der Waals surface area contributed by atoms with Gasteiger partial charge >= 0.3 is 0 Å². The van der Waals surface area contributed by atoms with Crippen LogP contribution in [0.3, 0.4) is 0 Å². The van der Waals surface area contributed by atoms with Gasteiger partial charge in [-0.25, -0.2) is 0 Å². The zero-order valence-corrected chi connectivity index (χ0v) is 16.2. The van der Waals surface area contributed by atoms with Gasteiger partial charge < -0.3 is 0 Å². The monoisotopic (exact) mass is 282 g/mol. The summed E-state index contributed by atoms with van der Waals surface area (Å²) in [5.41, 5.74) is 4.70. The summed E-state index contributed by atoms with van der Waals surface area (Å²) in [6.07, 6.45) is 8.36. The van der Waals surface area contributed by atoms with E-state index in [9.17, 15) is 0 Å². The van der Waals surface area contributed by atoms with Crippen LogP contribution >= 0.6 is 0 Å². The number of rotatable bonds is 0. The van der Waals surface area contributed by atoms with E-state index in [0.717, 1.165) is 0 Å². The molecular weight excluding hydrogens is 240 g/mol. The van der Waals surface area contributed by atoms with Crippen molar-refractivity contribution in [3.63, 3.8) is 0 Å². The molecule has 0 N–H and O–H groups in total. The van der Waals surface area contributed by atoms with Crippen LogP contribution in [0.1, 0.15) is 108 Å². The van der Waals surface area contributed by atoms with E-state index < -0.39 is 0 Å². The number of hydrogen-bond acceptors (Lipinski definition) is 0. The van der Waals surface area contributed by atoms with E-state index in [-0.39, 0.29) is 0 Å². The Morgan fingerprint density at radius 3 is 1.50 bits per heavy atom. The Kier molecular flexibility index (Phi) is 11.5. The number of hydrogen-bond donors (Lipinski definition) is 0. The average molecular weight is 283 g/mol. The fourth-order valence-corrected chi connectivity index (χ4v) is 2.51. The minimum Gasteiger partial charge on any atom is -0.0696 e. The summed E-state index contributed by atoms with van der Waals surface area (Å²) in [4.78, 5) is 0. The van der Waals surface area contributed by atoms with Crippen LogP contribution < -0.4 is 0 Å². The summed E-state index contributed by atoms with van der Waals surface area (Å²) in [7, 11) is 0. The van der Waals surface area contributed by atoms with E-state index in [0.29, 0.717) is 10.8 Å². The standard InChI is InChI=1S/C10H16.C5H12.C3H8.C2H6/c1-10(2)7-8-5-3-4-6-9(8)10;1-5(2,3)4;1-3-2;1-2/h3-7H2,1-2H3;1-4H3;3H2,1-2H3;1-2H3. The predicted octanol–water partition coefficient (Wildman–Crippen LogP) is 7.78. The van der Waals surface area contributed by atoms with Crippen LogP contribution in [0, 0.1) is 10.8 Å². The molecule has 2 rings (SSSR count). The molecule has 0 spiro atoms. The van der Waals surface area contributed by atoms with Gasteiger partial charge in [-0.1, -0.05) is 86.8 Å². The summed E-state index contributed by atoms with van der Waals surface area (Å²) in [6, 6.07) is 0. The molecule has 0 saturated carbocycles. The maximum Gasteiger partial charge on any atom is -0.0105 e. The molecule has 122 valence electrons. The van der Waals surface area contributed by atoms with Crippen LogP contribution in [0.25, 0.3) is 0 Å². The van der Waals surface area contributed by atoms with Crippen molar-refractivity contribution in [2.24, 2.45) is 10.8 Å². The van der Waals surface area contributed by atoms with Gasteiger partial charge in [-0.05, 0) is 42.9 Å². The lowest BCUT2D eigenvalue weighted by Gasteiger charge is -2.44. The van der Waals surface area contributed by atoms with Crippen molar-refractivity contribution in [3.05, 3.63) is 11.1 Å². The fourth-order valence-electron chi connectivity index (χ4n) is 2.51. The summed E-state index contributed by atoms with van der Waals surface area (Å²) in [5.74, 6) is 0. The molecule has 20 heavy (non-hydrogen) atoms. The van der Waals surface area contributed by atoms with Crippen LogP contribution in [0.15, 0.2) is 11.1 Å². The molecule has 0 atom stereocenters. The molecule has 2 aliphatic rings. The smallest absolute Gasteiger partial charge is 0.0105 e. The highest BCUT2D eigenvalue weighted by atomic mass is 14.4. The quantitative estimate of drug-likeness (QED) is 0.398. The van der Waals surface area contributed by atoms with E-state index in [1.807, 2.05) is 13.8 Å². The first-order valence-electron chi connectivity index (χ1n) is 8.83. The summed E-state index contributed by atoms with van der Waals surface area (Å²) < 4.78 is 0.